The molecule has 1 unspecified atom stereocenters. The van der Waals surface area contributed by atoms with Gasteiger partial charge in [-0.3, -0.25) is 4.68 Å². The van der Waals surface area contributed by atoms with E-state index < -0.39 is 0 Å². The lowest BCUT2D eigenvalue weighted by atomic mass is 10.2. The van der Waals surface area contributed by atoms with Crippen molar-refractivity contribution in [1.82, 2.24) is 15.1 Å². The van der Waals surface area contributed by atoms with Crippen LogP contribution < -0.4 is 5.32 Å². The predicted molar refractivity (Wildman–Crippen MR) is 83.9 cm³/mol. The van der Waals surface area contributed by atoms with Crippen molar-refractivity contribution in [2.45, 2.75) is 58.0 Å². The van der Waals surface area contributed by atoms with E-state index in [0.717, 1.165) is 13.0 Å². The van der Waals surface area contributed by atoms with Crippen molar-refractivity contribution in [1.29, 1.82) is 0 Å². The molecule has 19 heavy (non-hydrogen) atoms. The molecule has 1 heterocycles. The van der Waals surface area contributed by atoms with E-state index in [2.05, 4.69) is 36.1 Å². The van der Waals surface area contributed by atoms with E-state index in [0.29, 0.717) is 12.1 Å². The molecule has 0 radical (unpaired) electrons. The van der Waals surface area contributed by atoms with Gasteiger partial charge in [-0.1, -0.05) is 26.7 Å². The van der Waals surface area contributed by atoms with Crippen molar-refractivity contribution in [2.24, 2.45) is 0 Å². The van der Waals surface area contributed by atoms with Gasteiger partial charge in [0, 0.05) is 24.4 Å². The van der Waals surface area contributed by atoms with Gasteiger partial charge in [0.15, 0.2) is 0 Å². The zero-order chi connectivity index (χ0) is 13.5. The molecule has 0 bridgehead atoms. The monoisotopic (exact) mass is 281 g/mol. The molecule has 1 aliphatic carbocycles. The van der Waals surface area contributed by atoms with Crippen molar-refractivity contribution >= 4 is 11.8 Å². The van der Waals surface area contributed by atoms with E-state index >= 15 is 0 Å². The Kier molecular flexibility index (Phi) is 6.24. The molecular weight excluding hydrogens is 254 g/mol. The maximum Gasteiger partial charge on any atom is 0.0640 e. The van der Waals surface area contributed by atoms with Gasteiger partial charge in [0.1, 0.15) is 0 Å². The molecule has 1 N–H and O–H groups in total. The van der Waals surface area contributed by atoms with Crippen LogP contribution in [-0.2, 0) is 6.42 Å². The van der Waals surface area contributed by atoms with Crippen LogP contribution >= 0.6 is 11.8 Å². The van der Waals surface area contributed by atoms with E-state index in [1.807, 2.05) is 11.8 Å². The highest BCUT2D eigenvalue weighted by molar-refractivity contribution is 7.99. The zero-order valence-electron chi connectivity index (χ0n) is 12.3. The molecule has 0 aliphatic heterocycles. The average molecular weight is 281 g/mol. The first-order valence-electron chi connectivity index (χ1n) is 7.68. The molecule has 1 aromatic heterocycles. The largest absolute Gasteiger partial charge is 0.313 e. The van der Waals surface area contributed by atoms with Gasteiger partial charge in [-0.2, -0.15) is 16.9 Å². The van der Waals surface area contributed by atoms with Gasteiger partial charge in [0.25, 0.3) is 0 Å². The third kappa shape index (κ3) is 4.53. The Morgan fingerprint density at radius 2 is 2.21 bits per heavy atom. The summed E-state index contributed by atoms with van der Waals surface area (Å²) in [5.41, 5.74) is 1.24. The first kappa shape index (κ1) is 14.9. The lowest BCUT2D eigenvalue weighted by Gasteiger charge is -2.16. The molecule has 1 aliphatic rings. The summed E-state index contributed by atoms with van der Waals surface area (Å²) in [4.78, 5) is 0. The summed E-state index contributed by atoms with van der Waals surface area (Å²) in [6.07, 6.45) is 8.59. The number of nitrogens with one attached hydrogen (secondary N) is 1. The summed E-state index contributed by atoms with van der Waals surface area (Å²) in [5.74, 6) is 2.37. The summed E-state index contributed by atoms with van der Waals surface area (Å²) in [5, 5.41) is 8.36. The van der Waals surface area contributed by atoms with Crippen molar-refractivity contribution in [3.05, 3.63) is 18.0 Å². The third-order valence-corrected chi connectivity index (χ3v) is 4.88. The standard InChI is InChI=1S/C15H27N3S/c1-3-16-14(12-19-4-2)11-13-9-10-18(17-13)15-7-5-6-8-15/h9-10,14-16H,3-8,11-12H2,1-2H3. The summed E-state index contributed by atoms with van der Waals surface area (Å²) >= 11 is 2.01. The lowest BCUT2D eigenvalue weighted by molar-refractivity contribution is 0.459. The van der Waals surface area contributed by atoms with Gasteiger partial charge < -0.3 is 5.32 Å². The van der Waals surface area contributed by atoms with Gasteiger partial charge >= 0.3 is 0 Å². The van der Waals surface area contributed by atoms with Crippen LogP contribution in [0.3, 0.4) is 0 Å². The van der Waals surface area contributed by atoms with E-state index in [1.54, 1.807) is 0 Å². The minimum absolute atomic E-state index is 0.557. The average Bonchev–Trinajstić information content (AvgIpc) is 3.06. The van der Waals surface area contributed by atoms with E-state index in [1.165, 1.54) is 42.9 Å². The number of rotatable bonds is 8. The molecule has 0 saturated heterocycles. The molecular formula is C15H27N3S. The number of hydrogen-bond acceptors (Lipinski definition) is 3. The van der Waals surface area contributed by atoms with Crippen molar-refractivity contribution < 1.29 is 0 Å². The highest BCUT2D eigenvalue weighted by atomic mass is 32.2. The van der Waals surface area contributed by atoms with Crippen molar-refractivity contribution in [3.63, 3.8) is 0 Å². The third-order valence-electron chi connectivity index (χ3n) is 3.83. The number of thioether (sulfide) groups is 1. The second kappa shape index (κ2) is 7.95. The zero-order valence-corrected chi connectivity index (χ0v) is 13.1. The molecule has 0 amide bonds. The second-order valence-corrected chi connectivity index (χ2v) is 6.66. The molecule has 3 nitrogen and oxygen atoms in total. The van der Waals surface area contributed by atoms with Gasteiger partial charge in [0.05, 0.1) is 11.7 Å². The highest BCUT2D eigenvalue weighted by Gasteiger charge is 2.18. The lowest BCUT2D eigenvalue weighted by Crippen LogP contribution is -2.33. The predicted octanol–water partition coefficient (Wildman–Crippen LogP) is 3.27. The fourth-order valence-electron chi connectivity index (χ4n) is 2.85. The van der Waals surface area contributed by atoms with Gasteiger partial charge in [-0.05, 0) is 31.2 Å². The van der Waals surface area contributed by atoms with E-state index in [-0.39, 0.29) is 0 Å². The van der Waals surface area contributed by atoms with Crippen molar-refractivity contribution in [3.8, 4) is 0 Å². The summed E-state index contributed by atoms with van der Waals surface area (Å²) in [6, 6.07) is 3.43. The van der Waals surface area contributed by atoms with Crippen LogP contribution in [0.5, 0.6) is 0 Å². The number of hydrogen-bond donors (Lipinski definition) is 1. The van der Waals surface area contributed by atoms with Crippen molar-refractivity contribution in [2.75, 3.05) is 18.1 Å². The molecule has 0 spiro atoms. The van der Waals surface area contributed by atoms with Gasteiger partial charge in [-0.15, -0.1) is 0 Å². The second-order valence-electron chi connectivity index (χ2n) is 5.34. The molecule has 2 rings (SSSR count). The molecule has 1 aromatic rings. The Hall–Kier alpha value is -0.480. The van der Waals surface area contributed by atoms with E-state index in [4.69, 9.17) is 5.10 Å². The Labute approximate surface area is 121 Å². The van der Waals surface area contributed by atoms with Crippen LogP contribution in [0, 0.1) is 0 Å². The summed E-state index contributed by atoms with van der Waals surface area (Å²) < 4.78 is 2.21. The smallest absolute Gasteiger partial charge is 0.0640 e. The van der Waals surface area contributed by atoms with Gasteiger partial charge in [0.2, 0.25) is 0 Å². The topological polar surface area (TPSA) is 29.9 Å². The Balaban J connectivity index is 1.89. The Morgan fingerprint density at radius 1 is 1.42 bits per heavy atom. The minimum Gasteiger partial charge on any atom is -0.313 e. The number of likely N-dealkylation sites (N-methyl/N-ethyl adjacent to an activating group) is 1. The molecule has 1 saturated carbocycles. The molecule has 4 heteroatoms. The van der Waals surface area contributed by atoms with Crippen LogP contribution in [-0.4, -0.2) is 33.9 Å². The van der Waals surface area contributed by atoms with Gasteiger partial charge in [-0.25, -0.2) is 0 Å². The first-order valence-corrected chi connectivity index (χ1v) is 8.84. The maximum atomic E-state index is 4.79. The Morgan fingerprint density at radius 3 is 2.89 bits per heavy atom. The quantitative estimate of drug-likeness (QED) is 0.793. The van der Waals surface area contributed by atoms with Crippen LogP contribution in [0.2, 0.25) is 0 Å². The first-order chi connectivity index (χ1) is 9.33. The summed E-state index contributed by atoms with van der Waals surface area (Å²) in [6.45, 7) is 5.45. The fraction of sp³-hybridized carbons (Fsp3) is 0.800. The molecule has 1 atom stereocenters. The highest BCUT2D eigenvalue weighted by Crippen LogP contribution is 2.28. The van der Waals surface area contributed by atoms with Crippen LogP contribution in [0.25, 0.3) is 0 Å². The minimum atomic E-state index is 0.557. The molecule has 1 fully saturated rings. The normalized spacial score (nSPS) is 18.0. The number of nitrogens with zero attached hydrogens (tertiary/aromatic N) is 2. The van der Waals surface area contributed by atoms with E-state index in [9.17, 15) is 0 Å². The summed E-state index contributed by atoms with van der Waals surface area (Å²) in [7, 11) is 0. The maximum absolute atomic E-state index is 4.79. The fourth-order valence-corrected chi connectivity index (χ4v) is 3.61. The Bertz CT molecular complexity index is 358. The molecule has 108 valence electrons. The van der Waals surface area contributed by atoms with Crippen LogP contribution in [0.15, 0.2) is 12.3 Å². The van der Waals surface area contributed by atoms with Crippen LogP contribution in [0.4, 0.5) is 0 Å². The SMILES string of the molecule is CCNC(CSCC)Cc1ccn(C2CCCC2)n1. The molecule has 0 aromatic carbocycles. The number of aromatic nitrogens is 2. The van der Waals surface area contributed by atoms with Crippen LogP contribution in [0.1, 0.15) is 51.3 Å².